The van der Waals surface area contributed by atoms with Crippen LogP contribution in [0.4, 0.5) is 0 Å². The van der Waals surface area contributed by atoms with Crippen LogP contribution in [0, 0.1) is 11.8 Å². The summed E-state index contributed by atoms with van der Waals surface area (Å²) < 4.78 is 12.2. The highest BCUT2D eigenvalue weighted by Gasteiger charge is 2.44. The molecule has 5 rings (SSSR count). The number of aromatic nitrogens is 1. The van der Waals surface area contributed by atoms with Crippen molar-refractivity contribution in [1.82, 2.24) is 9.88 Å². The van der Waals surface area contributed by atoms with Crippen molar-refractivity contribution < 1.29 is 9.47 Å². The van der Waals surface area contributed by atoms with E-state index >= 15 is 0 Å². The fourth-order valence-electron chi connectivity index (χ4n) is 4.94. The van der Waals surface area contributed by atoms with Crippen LogP contribution in [0.5, 0.6) is 5.75 Å². The minimum atomic E-state index is -0.227. The predicted molar refractivity (Wildman–Crippen MR) is 114 cm³/mol. The fraction of sp³-hybridized carbons (Fsp3) is 0.542. The van der Waals surface area contributed by atoms with Gasteiger partial charge >= 0.3 is 0 Å². The van der Waals surface area contributed by atoms with Gasteiger partial charge in [0.15, 0.2) is 0 Å². The van der Waals surface area contributed by atoms with E-state index in [1.165, 1.54) is 12.0 Å². The average molecular weight is 381 g/mol. The largest absolute Gasteiger partial charge is 0.497 e. The van der Waals surface area contributed by atoms with E-state index in [-0.39, 0.29) is 11.7 Å². The lowest BCUT2D eigenvalue weighted by atomic mass is 9.73. The molecule has 0 aliphatic carbocycles. The summed E-state index contributed by atoms with van der Waals surface area (Å²) in [5.74, 6) is 2.17. The molecule has 3 aliphatic heterocycles. The number of rotatable bonds is 5. The summed E-state index contributed by atoms with van der Waals surface area (Å²) in [6.45, 7) is 12.7. The lowest BCUT2D eigenvalue weighted by Crippen LogP contribution is -2.55. The van der Waals surface area contributed by atoms with E-state index in [0.717, 1.165) is 36.2 Å². The van der Waals surface area contributed by atoms with Gasteiger partial charge in [0.25, 0.3) is 0 Å². The Hall–Kier alpha value is -1.91. The van der Waals surface area contributed by atoms with Gasteiger partial charge in [-0.25, -0.2) is 0 Å². The van der Waals surface area contributed by atoms with Gasteiger partial charge < -0.3 is 9.47 Å². The van der Waals surface area contributed by atoms with E-state index in [1.54, 1.807) is 7.11 Å². The second kappa shape index (κ2) is 7.49. The van der Waals surface area contributed by atoms with Gasteiger partial charge in [-0.15, -0.1) is 6.58 Å². The Labute approximate surface area is 168 Å². The molecule has 1 aromatic heterocycles. The lowest BCUT2D eigenvalue weighted by molar-refractivity contribution is -0.127. The number of nitrogens with zero attached hydrogens (tertiary/aromatic N) is 2. The predicted octanol–water partition coefficient (Wildman–Crippen LogP) is 5.00. The Morgan fingerprint density at radius 3 is 2.75 bits per heavy atom. The Kier molecular flexibility index (Phi) is 5.19. The number of methoxy groups -OCH3 is 1. The van der Waals surface area contributed by atoms with Gasteiger partial charge in [-0.1, -0.05) is 6.08 Å². The summed E-state index contributed by atoms with van der Waals surface area (Å²) in [5, 5.41) is 1.12. The number of piperidine rings is 3. The summed E-state index contributed by atoms with van der Waals surface area (Å²) in [6.07, 6.45) is 6.49. The third kappa shape index (κ3) is 3.68. The highest BCUT2D eigenvalue weighted by atomic mass is 16.5. The molecule has 0 spiro atoms. The molecule has 150 valence electrons. The van der Waals surface area contributed by atoms with Crippen LogP contribution in [0.2, 0.25) is 0 Å². The van der Waals surface area contributed by atoms with Gasteiger partial charge in [-0.2, -0.15) is 0 Å². The van der Waals surface area contributed by atoms with Crippen molar-refractivity contribution in [1.29, 1.82) is 0 Å². The molecule has 4 heterocycles. The van der Waals surface area contributed by atoms with Crippen LogP contribution < -0.4 is 4.74 Å². The molecule has 2 aromatic rings. The topological polar surface area (TPSA) is 34.6 Å². The van der Waals surface area contributed by atoms with Crippen molar-refractivity contribution in [3.63, 3.8) is 0 Å². The molecular formula is C24H32N2O2. The van der Waals surface area contributed by atoms with Gasteiger partial charge in [-0.3, -0.25) is 9.88 Å². The van der Waals surface area contributed by atoms with Crippen molar-refractivity contribution in [3.05, 3.63) is 48.7 Å². The normalized spacial score (nSPS) is 28.3. The van der Waals surface area contributed by atoms with Crippen LogP contribution in [0.1, 0.15) is 45.3 Å². The molecule has 2 bridgehead atoms. The molecule has 0 radical (unpaired) electrons. The number of hydrogen-bond acceptors (Lipinski definition) is 4. The first-order chi connectivity index (χ1) is 13.4. The smallest absolute Gasteiger partial charge is 0.119 e. The maximum atomic E-state index is 6.73. The fourth-order valence-corrected chi connectivity index (χ4v) is 4.94. The molecule has 1 aromatic carbocycles. The van der Waals surface area contributed by atoms with Crippen LogP contribution in [-0.4, -0.2) is 41.7 Å². The lowest BCUT2D eigenvalue weighted by Gasteiger charge is -2.52. The number of fused-ring (bicyclic) bond motifs is 4. The van der Waals surface area contributed by atoms with Crippen molar-refractivity contribution in [2.75, 3.05) is 20.2 Å². The van der Waals surface area contributed by atoms with Crippen molar-refractivity contribution >= 4 is 10.9 Å². The molecular weight excluding hydrogens is 348 g/mol. The van der Waals surface area contributed by atoms with Crippen LogP contribution in [0.3, 0.4) is 0 Å². The van der Waals surface area contributed by atoms with Gasteiger partial charge in [0.2, 0.25) is 0 Å². The van der Waals surface area contributed by atoms with Crippen molar-refractivity contribution in [2.45, 2.75) is 51.4 Å². The number of ether oxygens (including phenoxy) is 2. The summed E-state index contributed by atoms with van der Waals surface area (Å²) in [5.41, 5.74) is 1.97. The minimum absolute atomic E-state index is 0.00571. The molecule has 0 saturated carbocycles. The Morgan fingerprint density at radius 2 is 2.11 bits per heavy atom. The summed E-state index contributed by atoms with van der Waals surface area (Å²) in [7, 11) is 1.71. The molecule has 3 saturated heterocycles. The monoisotopic (exact) mass is 380 g/mol. The maximum Gasteiger partial charge on any atom is 0.119 e. The molecule has 5 atom stereocenters. The van der Waals surface area contributed by atoms with E-state index in [4.69, 9.17) is 9.47 Å². The summed E-state index contributed by atoms with van der Waals surface area (Å²) in [4.78, 5) is 7.20. The molecule has 3 fully saturated rings. The van der Waals surface area contributed by atoms with Crippen molar-refractivity contribution in [3.8, 4) is 5.75 Å². The number of hydrogen-bond donors (Lipinski definition) is 0. The first-order valence-corrected chi connectivity index (χ1v) is 10.4. The second-order valence-corrected chi connectivity index (χ2v) is 9.18. The first kappa shape index (κ1) is 19.4. The quantitative estimate of drug-likeness (QED) is 0.684. The van der Waals surface area contributed by atoms with E-state index in [9.17, 15) is 0 Å². The van der Waals surface area contributed by atoms with Gasteiger partial charge in [0.1, 0.15) is 5.75 Å². The third-order valence-corrected chi connectivity index (χ3v) is 6.27. The Balaban J connectivity index is 1.78. The zero-order valence-corrected chi connectivity index (χ0v) is 17.5. The second-order valence-electron chi connectivity index (χ2n) is 9.18. The van der Waals surface area contributed by atoms with E-state index in [0.29, 0.717) is 17.9 Å². The third-order valence-electron chi connectivity index (χ3n) is 6.27. The molecule has 3 aliphatic rings. The standard InChI is InChI=1S/C24H32N2O2/c1-6-16-15-26-12-10-17(16)13-22(26)23(28-24(2,3)4)19-9-11-25-21-8-7-18(27-5)14-20(19)21/h6-9,11,14,16-17,22-23H,1,10,12-13,15H2,2-5H3/t16-,17-,22-,23+/m0/s1. The summed E-state index contributed by atoms with van der Waals surface area (Å²) >= 11 is 0. The van der Waals surface area contributed by atoms with Crippen LogP contribution in [-0.2, 0) is 4.74 Å². The molecule has 4 heteroatoms. The Morgan fingerprint density at radius 1 is 1.29 bits per heavy atom. The summed E-state index contributed by atoms with van der Waals surface area (Å²) in [6, 6.07) is 8.62. The average Bonchev–Trinajstić information content (AvgIpc) is 2.70. The molecule has 1 unspecified atom stereocenters. The van der Waals surface area contributed by atoms with Gasteiger partial charge in [0.05, 0.1) is 24.3 Å². The van der Waals surface area contributed by atoms with Gasteiger partial charge in [0, 0.05) is 24.2 Å². The highest BCUT2D eigenvalue weighted by molar-refractivity contribution is 5.84. The van der Waals surface area contributed by atoms with E-state index in [2.05, 4.69) is 55.4 Å². The highest BCUT2D eigenvalue weighted by Crippen LogP contribution is 2.44. The zero-order valence-electron chi connectivity index (χ0n) is 17.5. The van der Waals surface area contributed by atoms with Crippen LogP contribution >= 0.6 is 0 Å². The molecule has 4 nitrogen and oxygen atoms in total. The van der Waals surface area contributed by atoms with Gasteiger partial charge in [-0.05, 0) is 81.8 Å². The molecule has 0 N–H and O–H groups in total. The first-order valence-electron chi connectivity index (χ1n) is 10.4. The van der Waals surface area contributed by atoms with Crippen molar-refractivity contribution in [2.24, 2.45) is 11.8 Å². The number of pyridine rings is 1. The van der Waals surface area contributed by atoms with E-state index in [1.807, 2.05) is 18.3 Å². The van der Waals surface area contributed by atoms with Crippen LogP contribution in [0.25, 0.3) is 10.9 Å². The maximum absolute atomic E-state index is 6.73. The molecule has 28 heavy (non-hydrogen) atoms. The van der Waals surface area contributed by atoms with E-state index < -0.39 is 0 Å². The molecule has 0 amide bonds. The Bertz CT molecular complexity index is 857. The zero-order chi connectivity index (χ0) is 19.9. The SMILES string of the molecule is C=C[C@H]1CN2CC[C@H]1C[C@H]2[C@H](OC(C)(C)C)c1ccnc2ccc(OC)cc12. The number of benzene rings is 1. The van der Waals surface area contributed by atoms with Crippen LogP contribution in [0.15, 0.2) is 43.1 Å². The minimum Gasteiger partial charge on any atom is -0.497 e.